The van der Waals surface area contributed by atoms with Crippen molar-refractivity contribution in [2.24, 2.45) is 4.52 Å². The number of hydrogen-bond acceptors (Lipinski definition) is 12. The average molecular weight is 865 g/mol. The van der Waals surface area contributed by atoms with Gasteiger partial charge in [-0.05, 0) is 0 Å². The predicted octanol–water partition coefficient (Wildman–Crippen LogP) is 12.9. The zero-order valence-electron chi connectivity index (χ0n) is 34.0. The molecule has 0 spiro atoms. The van der Waals surface area contributed by atoms with Crippen molar-refractivity contribution in [2.45, 2.75) is 59.3 Å². The van der Waals surface area contributed by atoms with Gasteiger partial charge in [0.2, 0.25) is 0 Å². The molecule has 0 radical (unpaired) electrons. The van der Waals surface area contributed by atoms with Gasteiger partial charge in [-0.2, -0.15) is 0 Å². The van der Waals surface area contributed by atoms with Crippen LogP contribution in [0.4, 0.5) is 17.1 Å². The fourth-order valence-electron chi connectivity index (χ4n) is 6.23. The zero-order chi connectivity index (χ0) is 42.0. The van der Waals surface area contributed by atoms with Crippen LogP contribution in [0.3, 0.4) is 0 Å². The number of hydrogen-bond donors (Lipinski definition) is 3. The summed E-state index contributed by atoms with van der Waals surface area (Å²) in [6.07, 6.45) is 5.67. The fourth-order valence-corrected chi connectivity index (χ4v) is 13.9. The van der Waals surface area contributed by atoms with Crippen LogP contribution in [0.1, 0.15) is 56.7 Å². The third kappa shape index (κ3) is 10.2. The van der Waals surface area contributed by atoms with Gasteiger partial charge in [0, 0.05) is 0 Å². The van der Waals surface area contributed by atoms with Gasteiger partial charge < -0.3 is 0 Å². The van der Waals surface area contributed by atoms with Crippen molar-refractivity contribution >= 4 is 41.6 Å². The Morgan fingerprint density at radius 2 is 0.800 bits per heavy atom. The van der Waals surface area contributed by atoms with E-state index in [9.17, 15) is 0 Å². The first kappa shape index (κ1) is 42.5. The van der Waals surface area contributed by atoms with E-state index in [0.29, 0.717) is 51.6 Å². The zero-order valence-corrected chi connectivity index (χ0v) is 36.6. The first-order valence-electron chi connectivity index (χ1n) is 20.0. The SMILES string of the molecule is CCCc1ccc(OP2(Oc3ccc(CCC)cc3)(Oc3ccc(CCC)cc3)N=PN(Oc3ccc(N)cc3)P(Oc3ccc(N)cc3)N2Oc2ccc(N)cc2)cc1. The van der Waals surface area contributed by atoms with Crippen molar-refractivity contribution in [1.29, 1.82) is 0 Å². The molecule has 0 saturated heterocycles. The number of benzene rings is 6. The molecular formula is C45H51N6O6P3. The van der Waals surface area contributed by atoms with E-state index in [2.05, 4.69) is 20.8 Å². The molecule has 0 fully saturated rings. The van der Waals surface area contributed by atoms with Gasteiger partial charge in [-0.25, -0.2) is 0 Å². The molecule has 312 valence electrons. The van der Waals surface area contributed by atoms with Crippen LogP contribution in [0.25, 0.3) is 0 Å². The first-order valence-corrected chi connectivity index (χ1v) is 23.9. The average Bonchev–Trinajstić information content (AvgIpc) is 3.25. The Morgan fingerprint density at radius 1 is 0.467 bits per heavy atom. The van der Waals surface area contributed by atoms with Gasteiger partial charge >= 0.3 is 356 Å². The molecule has 1 atom stereocenters. The van der Waals surface area contributed by atoms with Crippen molar-refractivity contribution < 1.29 is 27.8 Å². The molecule has 1 unspecified atom stereocenters. The molecule has 6 aromatic rings. The normalized spacial score (nSPS) is 16.8. The van der Waals surface area contributed by atoms with Crippen molar-refractivity contribution in [1.82, 2.24) is 9.21 Å². The van der Waals surface area contributed by atoms with E-state index in [4.69, 9.17) is 49.5 Å². The Kier molecular flexibility index (Phi) is 13.6. The summed E-state index contributed by atoms with van der Waals surface area (Å²) in [7, 11) is -7.50. The summed E-state index contributed by atoms with van der Waals surface area (Å²) >= 11 is 0. The summed E-state index contributed by atoms with van der Waals surface area (Å²) in [6.45, 7) is 6.44. The second-order valence-corrected chi connectivity index (χ2v) is 20.0. The van der Waals surface area contributed by atoms with E-state index < -0.39 is 16.0 Å². The topological polar surface area (TPSA) is 152 Å². The van der Waals surface area contributed by atoms with Crippen LogP contribution in [0.2, 0.25) is 0 Å². The number of aryl methyl sites for hydroxylation is 3. The predicted molar refractivity (Wildman–Crippen MR) is 245 cm³/mol. The molecule has 0 amide bonds. The van der Waals surface area contributed by atoms with E-state index in [1.165, 1.54) is 4.60 Å². The minimum atomic E-state index is -5.40. The molecule has 0 aliphatic carbocycles. The minimum absolute atomic E-state index is 0.209. The van der Waals surface area contributed by atoms with Gasteiger partial charge in [0.1, 0.15) is 0 Å². The molecular weight excluding hydrogens is 813 g/mol. The Balaban J connectivity index is 1.51. The Morgan fingerprint density at radius 3 is 1.17 bits per heavy atom. The summed E-state index contributed by atoms with van der Waals surface area (Å²) in [5.41, 5.74) is 23.5. The van der Waals surface area contributed by atoms with Crippen LogP contribution in [-0.4, -0.2) is 9.21 Å². The number of anilines is 3. The van der Waals surface area contributed by atoms with Crippen LogP contribution in [0.15, 0.2) is 150 Å². The van der Waals surface area contributed by atoms with Crippen LogP contribution in [0.5, 0.6) is 34.5 Å². The maximum atomic E-state index is 7.34. The number of nitrogens with two attached hydrogens (primary N) is 3. The van der Waals surface area contributed by atoms with Crippen molar-refractivity contribution in [3.63, 3.8) is 0 Å². The monoisotopic (exact) mass is 864 g/mol. The van der Waals surface area contributed by atoms with Crippen LogP contribution in [0, 0.1) is 0 Å². The summed E-state index contributed by atoms with van der Waals surface area (Å²) in [4.78, 5) is 13.6. The molecule has 1 aliphatic heterocycles. The van der Waals surface area contributed by atoms with Gasteiger partial charge in [-0.15, -0.1) is 0 Å². The quantitative estimate of drug-likeness (QED) is 0.0559. The van der Waals surface area contributed by atoms with Crippen LogP contribution in [-0.2, 0) is 19.3 Å². The number of nitrogens with zero attached hydrogens (tertiary/aromatic N) is 3. The third-order valence-electron chi connectivity index (χ3n) is 9.22. The van der Waals surface area contributed by atoms with E-state index in [1.54, 1.807) is 77.4 Å². The summed E-state index contributed by atoms with van der Waals surface area (Å²) in [5, 5.41) is 0. The van der Waals surface area contributed by atoms with E-state index in [0.717, 1.165) is 55.2 Å². The fraction of sp³-hybridized carbons (Fsp3) is 0.200. The van der Waals surface area contributed by atoms with Crippen molar-refractivity contribution in [2.75, 3.05) is 17.2 Å². The van der Waals surface area contributed by atoms with Crippen molar-refractivity contribution in [3.05, 3.63) is 162 Å². The molecule has 7 rings (SSSR count). The van der Waals surface area contributed by atoms with E-state index in [-0.39, 0.29) is 8.52 Å². The molecule has 6 N–H and O–H groups in total. The molecule has 1 aliphatic rings. The summed E-state index contributed by atoms with van der Waals surface area (Å²) < 4.78 is 37.4. The number of rotatable bonds is 18. The molecule has 6 aromatic carbocycles. The molecule has 0 aromatic heterocycles. The van der Waals surface area contributed by atoms with Crippen molar-refractivity contribution in [3.8, 4) is 34.5 Å². The third-order valence-corrected chi connectivity index (χ3v) is 16.4. The molecule has 0 saturated carbocycles. The van der Waals surface area contributed by atoms with Gasteiger partial charge in [-0.1, -0.05) is 0 Å². The molecule has 15 heteroatoms. The standard InChI is InChI=1S/C45H51N6O6P3/c1-4-7-34-10-22-43(23-11-34)55-60(56-44-24-12-35(8-5-2)13-25-44,57-45-26-14-36(9-6-3)15-27-45)49-58-50(52-40-28-16-37(46)17-29-40)59(54-42-32-20-39(48)21-33-42)51(60)53-41-30-18-38(47)19-31-41/h10-33H,4-9,46-48H2,1-3H3. The summed E-state index contributed by atoms with van der Waals surface area (Å²) in [5.74, 6) is 2.59. The first-order chi connectivity index (χ1) is 29.1. The Bertz CT molecular complexity index is 2190. The Hall–Kier alpha value is -5.60. The molecule has 0 bridgehead atoms. The van der Waals surface area contributed by atoms with Gasteiger partial charge in [0.15, 0.2) is 0 Å². The molecule has 60 heavy (non-hydrogen) atoms. The Labute approximate surface area is 355 Å². The van der Waals surface area contributed by atoms with Crippen LogP contribution >= 0.6 is 24.6 Å². The van der Waals surface area contributed by atoms with Gasteiger partial charge in [0.25, 0.3) is 0 Å². The second-order valence-electron chi connectivity index (χ2n) is 14.2. The van der Waals surface area contributed by atoms with E-state index >= 15 is 0 Å². The van der Waals surface area contributed by atoms with Gasteiger partial charge in [-0.3, -0.25) is 0 Å². The number of nitrogen functional groups attached to an aromatic ring is 3. The maximum absolute atomic E-state index is 7.34. The van der Waals surface area contributed by atoms with E-state index in [1.807, 2.05) is 72.8 Å². The summed E-state index contributed by atoms with van der Waals surface area (Å²) in [6, 6.07) is 44.6. The molecule has 1 heterocycles. The van der Waals surface area contributed by atoms with Gasteiger partial charge in [0.05, 0.1) is 0 Å². The second kappa shape index (κ2) is 19.2. The molecule has 12 nitrogen and oxygen atoms in total. The van der Waals surface area contributed by atoms with Crippen LogP contribution < -0.4 is 45.0 Å².